The molecule has 0 radical (unpaired) electrons. The Labute approximate surface area is 156 Å². The standard InChI is InChI=1S/C19H20Cl2N4/c1-19(22)5-7-25(8-6-19)12-9-16-18(24-10-12)14(11-23-16)13-3-2-4-15(20)17(13)21/h2-4,9-11,23H,5-8,22H2,1H3/p+1. The van der Waals surface area contributed by atoms with Crippen molar-refractivity contribution in [3.8, 4) is 11.1 Å². The van der Waals surface area contributed by atoms with Crippen molar-refractivity contribution in [3.05, 3.63) is 46.7 Å². The Morgan fingerprint density at radius 3 is 2.72 bits per heavy atom. The number of nitrogens with one attached hydrogen (secondary N) is 1. The SMILES string of the molecule is CC1([NH3+])CCN(c2cnc3c(-c4cccc(Cl)c4Cl)c[nH]c3c2)CC1. The van der Waals surface area contributed by atoms with Crippen LogP contribution in [0.4, 0.5) is 5.69 Å². The maximum atomic E-state index is 6.38. The minimum absolute atomic E-state index is 0.191. The lowest BCUT2D eigenvalue weighted by Gasteiger charge is -2.35. The van der Waals surface area contributed by atoms with Gasteiger partial charge in [0.25, 0.3) is 0 Å². The average Bonchev–Trinajstić information content (AvgIpc) is 3.00. The molecular weight excluding hydrogens is 355 g/mol. The molecule has 1 fully saturated rings. The lowest BCUT2D eigenvalue weighted by Crippen LogP contribution is -2.73. The van der Waals surface area contributed by atoms with E-state index in [0.29, 0.717) is 10.0 Å². The van der Waals surface area contributed by atoms with Gasteiger partial charge in [-0.2, -0.15) is 0 Å². The Hall–Kier alpha value is -1.75. The summed E-state index contributed by atoms with van der Waals surface area (Å²) in [5.74, 6) is 0. The number of fused-ring (bicyclic) bond motifs is 1. The summed E-state index contributed by atoms with van der Waals surface area (Å²) in [5, 5.41) is 1.11. The highest BCUT2D eigenvalue weighted by atomic mass is 35.5. The quantitative estimate of drug-likeness (QED) is 0.706. The van der Waals surface area contributed by atoms with Crippen molar-refractivity contribution in [2.75, 3.05) is 18.0 Å². The zero-order valence-electron chi connectivity index (χ0n) is 14.1. The zero-order chi connectivity index (χ0) is 17.6. The fourth-order valence-corrected chi connectivity index (χ4v) is 3.79. The summed E-state index contributed by atoms with van der Waals surface area (Å²) in [5.41, 5.74) is 9.41. The van der Waals surface area contributed by atoms with Gasteiger partial charge in [-0.15, -0.1) is 0 Å². The zero-order valence-corrected chi connectivity index (χ0v) is 15.7. The van der Waals surface area contributed by atoms with Crippen LogP contribution in [0.25, 0.3) is 22.2 Å². The van der Waals surface area contributed by atoms with Crippen molar-refractivity contribution in [2.24, 2.45) is 0 Å². The number of piperidine rings is 1. The van der Waals surface area contributed by atoms with E-state index in [1.54, 1.807) is 6.07 Å². The molecule has 0 spiro atoms. The number of halogens is 2. The molecule has 4 nitrogen and oxygen atoms in total. The molecule has 0 amide bonds. The van der Waals surface area contributed by atoms with E-state index in [1.165, 1.54) is 0 Å². The van der Waals surface area contributed by atoms with Crippen LogP contribution in [0.1, 0.15) is 19.8 Å². The summed E-state index contributed by atoms with van der Waals surface area (Å²) in [6, 6.07) is 7.82. The summed E-state index contributed by atoms with van der Waals surface area (Å²) < 4.78 is 0. The maximum absolute atomic E-state index is 6.38. The largest absolute Gasteiger partial charge is 0.370 e. The molecule has 130 valence electrons. The van der Waals surface area contributed by atoms with Crippen LogP contribution in [0, 0.1) is 0 Å². The first-order valence-corrected chi connectivity index (χ1v) is 9.22. The van der Waals surface area contributed by atoms with Gasteiger partial charge in [-0.25, -0.2) is 0 Å². The normalized spacial score (nSPS) is 17.2. The molecule has 1 aromatic carbocycles. The average molecular weight is 376 g/mol. The molecular formula is C19H21Cl2N4+. The lowest BCUT2D eigenvalue weighted by atomic mass is 9.91. The second-order valence-electron chi connectivity index (χ2n) is 7.19. The lowest BCUT2D eigenvalue weighted by molar-refractivity contribution is -0.475. The number of anilines is 1. The van der Waals surface area contributed by atoms with Crippen molar-refractivity contribution >= 4 is 39.9 Å². The van der Waals surface area contributed by atoms with Gasteiger partial charge in [0.1, 0.15) is 0 Å². The van der Waals surface area contributed by atoms with Gasteiger partial charge < -0.3 is 15.6 Å². The van der Waals surface area contributed by atoms with Crippen molar-refractivity contribution < 1.29 is 5.73 Å². The molecule has 3 heterocycles. The minimum atomic E-state index is 0.191. The highest BCUT2D eigenvalue weighted by molar-refractivity contribution is 6.43. The van der Waals surface area contributed by atoms with E-state index in [0.717, 1.165) is 53.8 Å². The number of pyridine rings is 1. The highest BCUT2D eigenvalue weighted by Gasteiger charge is 2.29. The van der Waals surface area contributed by atoms with Gasteiger partial charge >= 0.3 is 0 Å². The molecule has 4 N–H and O–H groups in total. The van der Waals surface area contributed by atoms with E-state index in [2.05, 4.69) is 28.6 Å². The van der Waals surface area contributed by atoms with E-state index >= 15 is 0 Å². The fraction of sp³-hybridized carbons (Fsp3) is 0.316. The monoisotopic (exact) mass is 375 g/mol. The van der Waals surface area contributed by atoms with E-state index in [4.69, 9.17) is 28.2 Å². The Balaban J connectivity index is 1.69. The third-order valence-electron chi connectivity index (χ3n) is 5.08. The Bertz CT molecular complexity index is 922. The Morgan fingerprint density at radius 2 is 1.96 bits per heavy atom. The number of hydrogen-bond acceptors (Lipinski definition) is 2. The number of aromatic amines is 1. The van der Waals surface area contributed by atoms with Crippen LogP contribution in [-0.4, -0.2) is 28.6 Å². The third-order valence-corrected chi connectivity index (χ3v) is 5.90. The van der Waals surface area contributed by atoms with Crippen molar-refractivity contribution in [1.29, 1.82) is 0 Å². The number of quaternary nitrogens is 1. The molecule has 0 atom stereocenters. The summed E-state index contributed by atoms with van der Waals surface area (Å²) in [4.78, 5) is 10.4. The summed E-state index contributed by atoms with van der Waals surface area (Å²) in [7, 11) is 0. The van der Waals surface area contributed by atoms with E-state index in [9.17, 15) is 0 Å². The summed E-state index contributed by atoms with van der Waals surface area (Å²) in [6.07, 6.45) is 6.09. The van der Waals surface area contributed by atoms with Gasteiger partial charge in [-0.3, -0.25) is 4.98 Å². The fourth-order valence-electron chi connectivity index (χ4n) is 3.39. The van der Waals surface area contributed by atoms with Crippen LogP contribution in [0.2, 0.25) is 10.0 Å². The smallest absolute Gasteiger partial charge is 0.0959 e. The van der Waals surface area contributed by atoms with Crippen LogP contribution >= 0.6 is 23.2 Å². The molecule has 3 aromatic rings. The van der Waals surface area contributed by atoms with Gasteiger partial charge in [0.05, 0.1) is 38.5 Å². The van der Waals surface area contributed by atoms with Gasteiger partial charge in [0, 0.05) is 43.3 Å². The molecule has 0 bridgehead atoms. The van der Waals surface area contributed by atoms with Crippen LogP contribution in [0.15, 0.2) is 36.7 Å². The number of H-pyrrole nitrogens is 1. The number of aromatic nitrogens is 2. The molecule has 4 rings (SSSR count). The Kier molecular flexibility index (Phi) is 4.14. The molecule has 1 aliphatic rings. The predicted octanol–water partition coefficient (Wildman–Crippen LogP) is 4.14. The number of hydrogen-bond donors (Lipinski definition) is 2. The van der Waals surface area contributed by atoms with Crippen molar-refractivity contribution in [1.82, 2.24) is 9.97 Å². The predicted molar refractivity (Wildman–Crippen MR) is 104 cm³/mol. The van der Waals surface area contributed by atoms with E-state index in [-0.39, 0.29) is 5.54 Å². The van der Waals surface area contributed by atoms with E-state index in [1.807, 2.05) is 24.5 Å². The molecule has 2 aromatic heterocycles. The molecule has 0 aliphatic carbocycles. The number of rotatable bonds is 2. The second-order valence-corrected chi connectivity index (χ2v) is 7.98. The summed E-state index contributed by atoms with van der Waals surface area (Å²) in [6.45, 7) is 4.26. The van der Waals surface area contributed by atoms with Crippen LogP contribution in [0.3, 0.4) is 0 Å². The Morgan fingerprint density at radius 1 is 1.20 bits per heavy atom. The first-order valence-electron chi connectivity index (χ1n) is 8.46. The molecule has 25 heavy (non-hydrogen) atoms. The molecule has 0 saturated carbocycles. The van der Waals surface area contributed by atoms with Crippen molar-refractivity contribution in [3.63, 3.8) is 0 Å². The van der Waals surface area contributed by atoms with Crippen LogP contribution in [-0.2, 0) is 0 Å². The summed E-state index contributed by atoms with van der Waals surface area (Å²) >= 11 is 12.5. The topological polar surface area (TPSA) is 59.6 Å². The van der Waals surface area contributed by atoms with Crippen LogP contribution < -0.4 is 10.6 Å². The maximum Gasteiger partial charge on any atom is 0.0959 e. The first-order chi connectivity index (χ1) is 11.9. The number of benzene rings is 1. The van der Waals surface area contributed by atoms with Crippen molar-refractivity contribution in [2.45, 2.75) is 25.3 Å². The minimum Gasteiger partial charge on any atom is -0.370 e. The van der Waals surface area contributed by atoms with Crippen LogP contribution in [0.5, 0.6) is 0 Å². The van der Waals surface area contributed by atoms with E-state index < -0.39 is 0 Å². The number of nitrogens with zero attached hydrogens (tertiary/aromatic N) is 2. The van der Waals surface area contributed by atoms with Gasteiger partial charge in [0.2, 0.25) is 0 Å². The third kappa shape index (κ3) is 3.10. The molecule has 1 saturated heterocycles. The molecule has 0 unspecified atom stereocenters. The molecule has 6 heteroatoms. The highest BCUT2D eigenvalue weighted by Crippen LogP contribution is 2.37. The van der Waals surface area contributed by atoms with Gasteiger partial charge in [-0.05, 0) is 19.1 Å². The van der Waals surface area contributed by atoms with Gasteiger partial charge in [0.15, 0.2) is 0 Å². The van der Waals surface area contributed by atoms with Gasteiger partial charge in [-0.1, -0.05) is 35.3 Å². The second kappa shape index (κ2) is 6.20. The first kappa shape index (κ1) is 16.7. The molecule has 1 aliphatic heterocycles.